The molecule has 5 aromatic carbocycles. The van der Waals surface area contributed by atoms with Gasteiger partial charge in [0.15, 0.2) is 7.28 Å². The van der Waals surface area contributed by atoms with Crippen LogP contribution in [0.5, 0.6) is 0 Å². The third kappa shape index (κ3) is 3.67. The van der Waals surface area contributed by atoms with Crippen LogP contribution in [0.3, 0.4) is 0 Å². The van der Waals surface area contributed by atoms with E-state index in [9.17, 15) is 0 Å². The Hall–Kier alpha value is -3.58. The molecule has 0 nitrogen and oxygen atoms in total. The van der Waals surface area contributed by atoms with Gasteiger partial charge in [0.25, 0.3) is 0 Å². The van der Waals surface area contributed by atoms with E-state index < -0.39 is 0 Å². The minimum atomic E-state index is 0.948. The minimum absolute atomic E-state index is 0.948. The zero-order valence-corrected chi connectivity index (χ0v) is 17.2. The molecule has 0 fully saturated rings. The van der Waals surface area contributed by atoms with E-state index in [1.807, 2.05) is 0 Å². The van der Waals surface area contributed by atoms with E-state index in [0.29, 0.717) is 0 Å². The van der Waals surface area contributed by atoms with Crippen LogP contribution in [-0.4, -0.2) is 7.28 Å². The van der Waals surface area contributed by atoms with Gasteiger partial charge >= 0.3 is 0 Å². The van der Waals surface area contributed by atoms with Gasteiger partial charge in [-0.05, 0) is 39.9 Å². The van der Waals surface area contributed by atoms with E-state index in [1.165, 1.54) is 49.5 Å². The molecule has 0 saturated heterocycles. The summed E-state index contributed by atoms with van der Waals surface area (Å²) in [5.41, 5.74) is 9.15. The summed E-state index contributed by atoms with van der Waals surface area (Å²) in [6.07, 6.45) is 0. The Kier molecular flexibility index (Phi) is 4.95. The van der Waals surface area contributed by atoms with Crippen molar-refractivity contribution in [1.29, 1.82) is 0 Å². The summed E-state index contributed by atoms with van der Waals surface area (Å²) in [7, 11) is 0.948. The molecule has 0 aromatic heterocycles. The van der Waals surface area contributed by atoms with Crippen molar-refractivity contribution in [2.45, 2.75) is 6.92 Å². The first-order chi connectivity index (χ1) is 14.8. The summed E-state index contributed by atoms with van der Waals surface area (Å²) < 4.78 is 0. The van der Waals surface area contributed by atoms with Crippen molar-refractivity contribution in [1.82, 2.24) is 0 Å². The molecule has 1 heteroatoms. The van der Waals surface area contributed by atoms with Crippen LogP contribution in [0.25, 0.3) is 33.0 Å². The number of hydrogen-bond acceptors (Lipinski definition) is 0. The second kappa shape index (κ2) is 8.04. The summed E-state index contributed by atoms with van der Waals surface area (Å²) in [6, 6.07) is 41.5. The third-order valence-electron chi connectivity index (χ3n) is 5.91. The summed E-state index contributed by atoms with van der Waals surface area (Å²) in [5.74, 6) is 0. The lowest BCUT2D eigenvalue weighted by atomic mass is 9.61. The lowest BCUT2D eigenvalue weighted by molar-refractivity contribution is 1.54. The average Bonchev–Trinajstić information content (AvgIpc) is 2.82. The van der Waals surface area contributed by atoms with E-state index >= 15 is 0 Å². The standard InChI is InChI=1S/C29H23B/c1-21-14-15-25-10-5-6-13-28(25)29(21)30-27-12-7-11-26(20-27)24-18-16-23(17-19-24)22-8-3-2-4-9-22/h2-20,30H,1H3. The molecule has 5 aromatic rings. The van der Waals surface area contributed by atoms with Gasteiger partial charge < -0.3 is 0 Å². The topological polar surface area (TPSA) is 0 Å². The van der Waals surface area contributed by atoms with Gasteiger partial charge in [-0.15, -0.1) is 0 Å². The van der Waals surface area contributed by atoms with Crippen LogP contribution in [-0.2, 0) is 0 Å². The first-order valence-electron chi connectivity index (χ1n) is 10.5. The van der Waals surface area contributed by atoms with E-state index in [1.54, 1.807) is 0 Å². The second-order valence-corrected chi connectivity index (χ2v) is 7.90. The van der Waals surface area contributed by atoms with Gasteiger partial charge in [0.1, 0.15) is 0 Å². The van der Waals surface area contributed by atoms with Crippen LogP contribution in [0.15, 0.2) is 115 Å². The van der Waals surface area contributed by atoms with Gasteiger partial charge in [-0.1, -0.05) is 132 Å². The van der Waals surface area contributed by atoms with Gasteiger partial charge in [-0.25, -0.2) is 0 Å². The maximum Gasteiger partial charge on any atom is 0.193 e. The van der Waals surface area contributed by atoms with E-state index in [4.69, 9.17) is 0 Å². The predicted molar refractivity (Wildman–Crippen MR) is 132 cm³/mol. The summed E-state index contributed by atoms with van der Waals surface area (Å²) in [6.45, 7) is 2.22. The van der Waals surface area contributed by atoms with Crippen LogP contribution in [0.1, 0.15) is 5.56 Å². The van der Waals surface area contributed by atoms with E-state index in [-0.39, 0.29) is 0 Å². The SMILES string of the molecule is Cc1ccc2ccccc2c1Bc1cccc(-c2ccc(-c3ccccc3)cc2)c1. The highest BCUT2D eigenvalue weighted by molar-refractivity contribution is 6.70. The lowest BCUT2D eigenvalue weighted by Crippen LogP contribution is -2.29. The number of fused-ring (bicyclic) bond motifs is 1. The highest BCUT2D eigenvalue weighted by Crippen LogP contribution is 2.24. The molecule has 0 radical (unpaired) electrons. The Morgan fingerprint density at radius 1 is 0.500 bits per heavy atom. The fourth-order valence-electron chi connectivity index (χ4n) is 4.23. The Morgan fingerprint density at radius 2 is 1.13 bits per heavy atom. The monoisotopic (exact) mass is 382 g/mol. The van der Waals surface area contributed by atoms with Gasteiger partial charge in [0.05, 0.1) is 0 Å². The Morgan fingerprint density at radius 3 is 1.93 bits per heavy atom. The van der Waals surface area contributed by atoms with Crippen molar-refractivity contribution in [3.8, 4) is 22.3 Å². The zero-order chi connectivity index (χ0) is 20.3. The molecule has 0 N–H and O–H groups in total. The van der Waals surface area contributed by atoms with Gasteiger partial charge in [-0.2, -0.15) is 0 Å². The van der Waals surface area contributed by atoms with Crippen LogP contribution >= 0.6 is 0 Å². The molecule has 5 rings (SSSR count). The number of hydrogen-bond donors (Lipinski definition) is 0. The van der Waals surface area contributed by atoms with Crippen LogP contribution in [0.2, 0.25) is 0 Å². The Labute approximate surface area is 179 Å². The second-order valence-electron chi connectivity index (χ2n) is 7.90. The van der Waals surface area contributed by atoms with E-state index in [2.05, 4.69) is 122 Å². The van der Waals surface area contributed by atoms with Crippen molar-refractivity contribution in [2.24, 2.45) is 0 Å². The maximum atomic E-state index is 2.33. The van der Waals surface area contributed by atoms with Crippen molar-refractivity contribution in [2.75, 3.05) is 0 Å². The first kappa shape index (κ1) is 18.5. The van der Waals surface area contributed by atoms with E-state index in [0.717, 1.165) is 7.28 Å². The van der Waals surface area contributed by atoms with Gasteiger partial charge in [0, 0.05) is 0 Å². The molecule has 0 spiro atoms. The number of benzene rings is 5. The Balaban J connectivity index is 1.46. The first-order valence-corrected chi connectivity index (χ1v) is 10.5. The van der Waals surface area contributed by atoms with Crippen molar-refractivity contribution >= 4 is 29.0 Å². The summed E-state index contributed by atoms with van der Waals surface area (Å²) in [5, 5.41) is 2.67. The zero-order valence-electron chi connectivity index (χ0n) is 17.2. The van der Waals surface area contributed by atoms with Crippen LogP contribution in [0, 0.1) is 6.92 Å². The molecule has 0 aliphatic carbocycles. The molecule has 0 aliphatic heterocycles. The average molecular weight is 382 g/mol. The number of aryl methyl sites for hydroxylation is 1. The normalized spacial score (nSPS) is 10.8. The Bertz CT molecular complexity index is 1300. The number of rotatable bonds is 4. The highest BCUT2D eigenvalue weighted by Gasteiger charge is 2.09. The molecular formula is C29H23B. The van der Waals surface area contributed by atoms with Crippen molar-refractivity contribution in [3.05, 3.63) is 121 Å². The third-order valence-corrected chi connectivity index (χ3v) is 5.91. The minimum Gasteiger partial charge on any atom is -0.0779 e. The van der Waals surface area contributed by atoms with Crippen molar-refractivity contribution < 1.29 is 0 Å². The molecule has 0 unspecified atom stereocenters. The van der Waals surface area contributed by atoms with Crippen LogP contribution in [0.4, 0.5) is 0 Å². The molecule has 0 bridgehead atoms. The largest absolute Gasteiger partial charge is 0.193 e. The molecule has 0 heterocycles. The summed E-state index contributed by atoms with van der Waals surface area (Å²) in [4.78, 5) is 0. The van der Waals surface area contributed by atoms with Gasteiger partial charge in [0.2, 0.25) is 0 Å². The van der Waals surface area contributed by atoms with Gasteiger partial charge in [-0.3, -0.25) is 0 Å². The lowest BCUT2D eigenvalue weighted by Gasteiger charge is -2.11. The predicted octanol–water partition coefficient (Wildman–Crippen LogP) is 5.87. The molecule has 30 heavy (non-hydrogen) atoms. The molecule has 142 valence electrons. The molecule has 0 aliphatic rings. The summed E-state index contributed by atoms with van der Waals surface area (Å²) >= 11 is 0. The molecule has 0 saturated carbocycles. The maximum absolute atomic E-state index is 2.33. The fourth-order valence-corrected chi connectivity index (χ4v) is 4.23. The van der Waals surface area contributed by atoms with Crippen molar-refractivity contribution in [3.63, 3.8) is 0 Å². The molecule has 0 amide bonds. The fraction of sp³-hybridized carbons (Fsp3) is 0.0345. The quantitative estimate of drug-likeness (QED) is 0.341. The molecular weight excluding hydrogens is 359 g/mol. The molecule has 0 atom stereocenters. The highest BCUT2D eigenvalue weighted by atomic mass is 14.1. The van der Waals surface area contributed by atoms with Crippen LogP contribution < -0.4 is 10.9 Å². The smallest absolute Gasteiger partial charge is 0.0779 e.